The van der Waals surface area contributed by atoms with Crippen LogP contribution in [0.3, 0.4) is 0 Å². The molecule has 5 heavy (non-hydrogen) atoms. The van der Waals surface area contributed by atoms with E-state index in [1.165, 1.54) is 0 Å². The topological polar surface area (TPSA) is 20.2 Å². The summed E-state index contributed by atoms with van der Waals surface area (Å²) in [5.74, 6) is 0. The van der Waals surface area contributed by atoms with E-state index in [4.69, 9.17) is 5.11 Å². The summed E-state index contributed by atoms with van der Waals surface area (Å²) in [5.41, 5.74) is 0. The van der Waals surface area contributed by atoms with Crippen LogP contribution >= 0.6 is 0 Å². The van der Waals surface area contributed by atoms with Crippen molar-refractivity contribution in [2.45, 2.75) is 20.0 Å². The molecule has 0 unspecified atom stereocenters. The van der Waals surface area contributed by atoms with Crippen molar-refractivity contribution < 1.29 is 5.11 Å². The van der Waals surface area contributed by atoms with E-state index in [1.54, 1.807) is 13.8 Å². The Kier molecular flexibility index (Phi) is 9.28. The SMILES string of the molecule is CC(C)O.[NaH]. The van der Waals surface area contributed by atoms with Crippen LogP contribution in [0.25, 0.3) is 0 Å². The van der Waals surface area contributed by atoms with Gasteiger partial charge in [0.25, 0.3) is 0 Å². The molecule has 0 spiro atoms. The molecule has 0 aromatic carbocycles. The normalized spacial score (nSPS) is 7.20. The summed E-state index contributed by atoms with van der Waals surface area (Å²) in [4.78, 5) is 0. The van der Waals surface area contributed by atoms with E-state index >= 15 is 0 Å². The van der Waals surface area contributed by atoms with Crippen molar-refractivity contribution in [1.29, 1.82) is 0 Å². The van der Waals surface area contributed by atoms with Crippen LogP contribution in [0.4, 0.5) is 0 Å². The first-order valence-corrected chi connectivity index (χ1v) is 1.41. The van der Waals surface area contributed by atoms with Crippen molar-refractivity contribution in [2.75, 3.05) is 0 Å². The Morgan fingerprint density at radius 1 is 1.40 bits per heavy atom. The van der Waals surface area contributed by atoms with Gasteiger partial charge in [-0.25, -0.2) is 0 Å². The molecule has 28 valence electrons. The molecule has 2 heteroatoms. The molecule has 0 radical (unpaired) electrons. The molecule has 0 aliphatic heterocycles. The fourth-order valence-corrected chi connectivity index (χ4v) is 0. The number of aliphatic hydroxyl groups is 1. The second-order valence-corrected chi connectivity index (χ2v) is 1.09. The molecule has 0 saturated carbocycles. The van der Waals surface area contributed by atoms with E-state index in [0.29, 0.717) is 0 Å². The minimum atomic E-state index is -0.167. The fourth-order valence-electron chi connectivity index (χ4n) is 0. The fraction of sp³-hybridized carbons (Fsp3) is 1.00. The summed E-state index contributed by atoms with van der Waals surface area (Å²) in [6.07, 6.45) is -0.167. The van der Waals surface area contributed by atoms with Gasteiger partial charge in [0.1, 0.15) is 0 Å². The second-order valence-electron chi connectivity index (χ2n) is 1.09. The zero-order chi connectivity index (χ0) is 3.58. The van der Waals surface area contributed by atoms with Crippen molar-refractivity contribution in [3.63, 3.8) is 0 Å². The van der Waals surface area contributed by atoms with E-state index in [0.717, 1.165) is 0 Å². The van der Waals surface area contributed by atoms with E-state index in [1.807, 2.05) is 0 Å². The number of rotatable bonds is 0. The first-order valence-electron chi connectivity index (χ1n) is 1.41. The molecular weight excluding hydrogens is 75.0 g/mol. The Balaban J connectivity index is 0. The molecule has 0 saturated heterocycles. The number of hydrogen-bond donors (Lipinski definition) is 1. The van der Waals surface area contributed by atoms with Crippen LogP contribution in [0.5, 0.6) is 0 Å². The Morgan fingerprint density at radius 2 is 1.40 bits per heavy atom. The van der Waals surface area contributed by atoms with Crippen LogP contribution in [-0.2, 0) is 0 Å². The van der Waals surface area contributed by atoms with Gasteiger partial charge in [0.05, 0.1) is 0 Å². The molecule has 0 aromatic heterocycles. The Bertz CT molecular complexity index is 11.6. The molecule has 0 bridgehead atoms. The maximum absolute atomic E-state index is 8.06. The molecule has 0 heterocycles. The van der Waals surface area contributed by atoms with Crippen molar-refractivity contribution >= 4 is 29.6 Å². The minimum absolute atomic E-state index is 0. The molecule has 1 nitrogen and oxygen atoms in total. The quantitative estimate of drug-likeness (QED) is 0.401. The van der Waals surface area contributed by atoms with Gasteiger partial charge in [-0.2, -0.15) is 0 Å². The van der Waals surface area contributed by atoms with Gasteiger partial charge < -0.3 is 5.11 Å². The van der Waals surface area contributed by atoms with Gasteiger partial charge in [0.15, 0.2) is 0 Å². The summed E-state index contributed by atoms with van der Waals surface area (Å²) < 4.78 is 0. The summed E-state index contributed by atoms with van der Waals surface area (Å²) in [6.45, 7) is 3.44. The number of hydrogen-bond acceptors (Lipinski definition) is 1. The average Bonchev–Trinajstić information content (AvgIpc) is 0.811. The van der Waals surface area contributed by atoms with Crippen molar-refractivity contribution in [1.82, 2.24) is 0 Å². The van der Waals surface area contributed by atoms with E-state index < -0.39 is 0 Å². The predicted octanol–water partition coefficient (Wildman–Crippen LogP) is -0.261. The van der Waals surface area contributed by atoms with Gasteiger partial charge in [0.2, 0.25) is 0 Å². The van der Waals surface area contributed by atoms with Crippen LogP contribution in [0.15, 0.2) is 0 Å². The molecular formula is C3H9NaO. The van der Waals surface area contributed by atoms with Gasteiger partial charge in [-0.1, -0.05) is 0 Å². The van der Waals surface area contributed by atoms with E-state index in [2.05, 4.69) is 0 Å². The third-order valence-corrected chi connectivity index (χ3v) is 0. The summed E-state index contributed by atoms with van der Waals surface area (Å²) in [5, 5.41) is 8.06. The Hall–Kier alpha value is 0.960. The zero-order valence-electron chi connectivity index (χ0n) is 3.02. The van der Waals surface area contributed by atoms with E-state index in [-0.39, 0.29) is 35.7 Å². The molecule has 0 aromatic rings. The standard InChI is InChI=1S/C3H8O.Na.H/c1-3(2)4;;/h3-4H,1-2H3;;. The summed E-state index contributed by atoms with van der Waals surface area (Å²) in [7, 11) is 0. The Morgan fingerprint density at radius 3 is 1.40 bits per heavy atom. The molecule has 0 aliphatic carbocycles. The molecule has 0 amide bonds. The summed E-state index contributed by atoms with van der Waals surface area (Å²) in [6, 6.07) is 0. The van der Waals surface area contributed by atoms with Gasteiger partial charge in [0, 0.05) is 6.10 Å². The maximum atomic E-state index is 8.06. The molecule has 0 rings (SSSR count). The third-order valence-electron chi connectivity index (χ3n) is 0. The van der Waals surface area contributed by atoms with Crippen molar-refractivity contribution in [2.24, 2.45) is 0 Å². The average molecular weight is 84.1 g/mol. The number of aliphatic hydroxyl groups excluding tert-OH is 1. The Labute approximate surface area is 54.7 Å². The van der Waals surface area contributed by atoms with Crippen molar-refractivity contribution in [3.05, 3.63) is 0 Å². The molecule has 0 fully saturated rings. The first-order chi connectivity index (χ1) is 1.73. The third kappa shape index (κ3) is 47.2. The molecule has 0 atom stereocenters. The zero-order valence-corrected chi connectivity index (χ0v) is 3.02. The van der Waals surface area contributed by atoms with Crippen LogP contribution in [0.1, 0.15) is 13.8 Å². The van der Waals surface area contributed by atoms with Gasteiger partial charge >= 0.3 is 29.6 Å². The van der Waals surface area contributed by atoms with Crippen LogP contribution < -0.4 is 0 Å². The van der Waals surface area contributed by atoms with Crippen LogP contribution in [-0.4, -0.2) is 40.8 Å². The second kappa shape index (κ2) is 4.96. The molecule has 1 N–H and O–H groups in total. The molecule has 0 aliphatic rings. The summed E-state index contributed by atoms with van der Waals surface area (Å²) >= 11 is 0. The van der Waals surface area contributed by atoms with Crippen molar-refractivity contribution in [3.8, 4) is 0 Å². The monoisotopic (exact) mass is 84.1 g/mol. The first kappa shape index (κ1) is 9.35. The van der Waals surface area contributed by atoms with Crippen LogP contribution in [0, 0.1) is 0 Å². The predicted molar refractivity (Wildman–Crippen MR) is 24.5 cm³/mol. The van der Waals surface area contributed by atoms with Gasteiger partial charge in [-0.3, -0.25) is 0 Å². The van der Waals surface area contributed by atoms with Gasteiger partial charge in [-0.15, -0.1) is 0 Å². The van der Waals surface area contributed by atoms with Gasteiger partial charge in [-0.05, 0) is 13.8 Å². The van der Waals surface area contributed by atoms with Crippen LogP contribution in [0.2, 0.25) is 0 Å². The van der Waals surface area contributed by atoms with E-state index in [9.17, 15) is 0 Å².